The van der Waals surface area contributed by atoms with Crippen LogP contribution in [0.1, 0.15) is 31.4 Å². The molecule has 110 valence electrons. The second kappa shape index (κ2) is 6.46. The fourth-order valence-electron chi connectivity index (χ4n) is 2.89. The van der Waals surface area contributed by atoms with Gasteiger partial charge in [0.2, 0.25) is 0 Å². The molecule has 3 rings (SSSR count). The first-order valence-corrected chi connectivity index (χ1v) is 7.68. The molecule has 0 bridgehead atoms. The third-order valence-corrected chi connectivity index (χ3v) is 4.14. The summed E-state index contributed by atoms with van der Waals surface area (Å²) >= 11 is 0. The van der Waals surface area contributed by atoms with Crippen LogP contribution in [-0.2, 0) is 0 Å². The Bertz CT molecular complexity index is 444. The zero-order valence-electron chi connectivity index (χ0n) is 12.2. The van der Waals surface area contributed by atoms with Gasteiger partial charge in [0.05, 0.1) is 0 Å². The molecule has 0 radical (unpaired) electrons. The average molecular weight is 276 g/mol. The van der Waals surface area contributed by atoms with Gasteiger partial charge in [0.25, 0.3) is 0 Å². The van der Waals surface area contributed by atoms with Gasteiger partial charge >= 0.3 is 0 Å². The van der Waals surface area contributed by atoms with Crippen LogP contribution in [0, 0.1) is 0 Å². The largest absolute Gasteiger partial charge is 0.486 e. The predicted octanol–water partition coefficient (Wildman–Crippen LogP) is 2.20. The highest BCUT2D eigenvalue weighted by molar-refractivity contribution is 5.44. The van der Waals surface area contributed by atoms with Crippen molar-refractivity contribution in [1.29, 1.82) is 0 Å². The molecule has 1 fully saturated rings. The van der Waals surface area contributed by atoms with E-state index < -0.39 is 0 Å². The van der Waals surface area contributed by atoms with Crippen molar-refractivity contribution in [3.8, 4) is 11.5 Å². The third kappa shape index (κ3) is 3.25. The lowest BCUT2D eigenvalue weighted by atomic mass is 10.1. The Hall–Kier alpha value is -1.26. The van der Waals surface area contributed by atoms with Gasteiger partial charge in [0.1, 0.15) is 13.2 Å². The van der Waals surface area contributed by atoms with Gasteiger partial charge in [-0.25, -0.2) is 0 Å². The molecule has 4 heteroatoms. The highest BCUT2D eigenvalue weighted by Crippen LogP contribution is 2.32. The lowest BCUT2D eigenvalue weighted by Crippen LogP contribution is -2.31. The molecule has 2 aliphatic heterocycles. The summed E-state index contributed by atoms with van der Waals surface area (Å²) in [5.74, 6) is 1.74. The SMILES string of the molecule is CC(NCCN1CCCC1)c1ccc2c(c1)OCCO2. The number of fused-ring (bicyclic) bond motifs is 1. The molecule has 1 aromatic rings. The summed E-state index contributed by atoms with van der Waals surface area (Å²) in [6.45, 7) is 8.21. The maximum absolute atomic E-state index is 5.64. The first-order chi connectivity index (χ1) is 9.83. The van der Waals surface area contributed by atoms with Crippen molar-refractivity contribution in [2.24, 2.45) is 0 Å². The van der Waals surface area contributed by atoms with Crippen LogP contribution in [0.5, 0.6) is 11.5 Å². The summed E-state index contributed by atoms with van der Waals surface area (Å²) < 4.78 is 11.2. The summed E-state index contributed by atoms with van der Waals surface area (Å²) in [4.78, 5) is 2.53. The molecule has 1 saturated heterocycles. The van der Waals surface area contributed by atoms with Gasteiger partial charge < -0.3 is 19.7 Å². The molecule has 4 nitrogen and oxygen atoms in total. The van der Waals surface area contributed by atoms with Gasteiger partial charge in [-0.05, 0) is 50.6 Å². The van der Waals surface area contributed by atoms with Gasteiger partial charge in [-0.1, -0.05) is 6.07 Å². The molecule has 0 aliphatic carbocycles. The summed E-state index contributed by atoms with van der Waals surface area (Å²) in [7, 11) is 0. The molecule has 20 heavy (non-hydrogen) atoms. The Morgan fingerprint density at radius 3 is 2.70 bits per heavy atom. The third-order valence-electron chi connectivity index (χ3n) is 4.14. The fraction of sp³-hybridized carbons (Fsp3) is 0.625. The van der Waals surface area contributed by atoms with Crippen molar-refractivity contribution in [2.45, 2.75) is 25.8 Å². The molecule has 1 aromatic carbocycles. The smallest absolute Gasteiger partial charge is 0.161 e. The molecule has 1 N–H and O–H groups in total. The van der Waals surface area contributed by atoms with Crippen LogP contribution in [0.2, 0.25) is 0 Å². The van der Waals surface area contributed by atoms with Crippen molar-refractivity contribution in [3.05, 3.63) is 23.8 Å². The zero-order valence-corrected chi connectivity index (χ0v) is 12.2. The van der Waals surface area contributed by atoms with Crippen LogP contribution < -0.4 is 14.8 Å². The van der Waals surface area contributed by atoms with Crippen molar-refractivity contribution >= 4 is 0 Å². The lowest BCUT2D eigenvalue weighted by molar-refractivity contribution is 0.171. The normalized spacial score (nSPS) is 20.1. The Labute approximate surface area is 121 Å². The minimum atomic E-state index is 0.341. The number of nitrogens with one attached hydrogen (secondary N) is 1. The zero-order chi connectivity index (χ0) is 13.8. The van der Waals surface area contributed by atoms with E-state index in [2.05, 4.69) is 29.3 Å². The maximum Gasteiger partial charge on any atom is 0.161 e. The van der Waals surface area contributed by atoms with Gasteiger partial charge in [-0.3, -0.25) is 0 Å². The lowest BCUT2D eigenvalue weighted by Gasteiger charge is -2.22. The number of rotatable bonds is 5. The van der Waals surface area contributed by atoms with E-state index in [0.29, 0.717) is 19.3 Å². The van der Waals surface area contributed by atoms with E-state index in [0.717, 1.165) is 24.6 Å². The molecule has 0 amide bonds. The van der Waals surface area contributed by atoms with E-state index in [9.17, 15) is 0 Å². The Morgan fingerprint density at radius 2 is 1.90 bits per heavy atom. The second-order valence-corrected chi connectivity index (χ2v) is 5.63. The van der Waals surface area contributed by atoms with Crippen LogP contribution in [0.3, 0.4) is 0 Å². The molecule has 2 aliphatic rings. The van der Waals surface area contributed by atoms with Gasteiger partial charge in [-0.2, -0.15) is 0 Å². The van der Waals surface area contributed by atoms with Gasteiger partial charge in [-0.15, -0.1) is 0 Å². The average Bonchev–Trinajstić information content (AvgIpc) is 3.00. The highest BCUT2D eigenvalue weighted by Gasteiger charge is 2.15. The predicted molar refractivity (Wildman–Crippen MR) is 79.5 cm³/mol. The standard InChI is InChI=1S/C16H24N2O2/c1-13(17-6-9-18-7-2-3-8-18)14-4-5-15-16(12-14)20-11-10-19-15/h4-5,12-13,17H,2-3,6-11H2,1H3. The molecule has 0 saturated carbocycles. The molecular formula is C16H24N2O2. The van der Waals surface area contributed by atoms with Crippen LogP contribution in [0.25, 0.3) is 0 Å². The van der Waals surface area contributed by atoms with Crippen molar-refractivity contribution in [2.75, 3.05) is 39.4 Å². The van der Waals surface area contributed by atoms with E-state index in [-0.39, 0.29) is 0 Å². The Balaban J connectivity index is 1.52. The summed E-state index contributed by atoms with van der Waals surface area (Å²) in [6, 6.07) is 6.58. The Kier molecular flexibility index (Phi) is 4.43. The number of likely N-dealkylation sites (tertiary alicyclic amines) is 1. The van der Waals surface area contributed by atoms with E-state index in [1.54, 1.807) is 0 Å². The topological polar surface area (TPSA) is 33.7 Å². The molecule has 0 spiro atoms. The van der Waals surface area contributed by atoms with Crippen LogP contribution in [0.15, 0.2) is 18.2 Å². The minimum Gasteiger partial charge on any atom is -0.486 e. The number of ether oxygens (including phenoxy) is 2. The van der Waals surface area contributed by atoms with Crippen molar-refractivity contribution in [1.82, 2.24) is 10.2 Å². The summed E-state index contributed by atoms with van der Waals surface area (Å²) in [6.07, 6.45) is 2.72. The Morgan fingerprint density at radius 1 is 1.15 bits per heavy atom. The second-order valence-electron chi connectivity index (χ2n) is 5.63. The van der Waals surface area contributed by atoms with E-state index in [1.165, 1.54) is 31.5 Å². The minimum absolute atomic E-state index is 0.341. The molecule has 1 atom stereocenters. The van der Waals surface area contributed by atoms with E-state index in [4.69, 9.17) is 9.47 Å². The molecule has 2 heterocycles. The quantitative estimate of drug-likeness (QED) is 0.894. The monoisotopic (exact) mass is 276 g/mol. The molecule has 0 aromatic heterocycles. The first-order valence-electron chi connectivity index (χ1n) is 7.68. The number of hydrogen-bond acceptors (Lipinski definition) is 4. The van der Waals surface area contributed by atoms with Crippen LogP contribution in [0.4, 0.5) is 0 Å². The van der Waals surface area contributed by atoms with Crippen molar-refractivity contribution in [3.63, 3.8) is 0 Å². The van der Waals surface area contributed by atoms with Crippen molar-refractivity contribution < 1.29 is 9.47 Å². The number of nitrogens with zero attached hydrogens (tertiary/aromatic N) is 1. The fourth-order valence-corrected chi connectivity index (χ4v) is 2.89. The van der Waals surface area contributed by atoms with Gasteiger partial charge in [0.15, 0.2) is 11.5 Å². The maximum atomic E-state index is 5.64. The number of hydrogen-bond donors (Lipinski definition) is 1. The summed E-state index contributed by atoms with van der Waals surface area (Å²) in [5.41, 5.74) is 1.26. The molecule has 1 unspecified atom stereocenters. The first kappa shape index (κ1) is 13.7. The van der Waals surface area contributed by atoms with Gasteiger partial charge in [0, 0.05) is 19.1 Å². The van der Waals surface area contributed by atoms with E-state index >= 15 is 0 Å². The van der Waals surface area contributed by atoms with Crippen LogP contribution >= 0.6 is 0 Å². The summed E-state index contributed by atoms with van der Waals surface area (Å²) in [5, 5.41) is 3.59. The number of benzene rings is 1. The molecular weight excluding hydrogens is 252 g/mol. The van der Waals surface area contributed by atoms with Crippen LogP contribution in [-0.4, -0.2) is 44.3 Å². The highest BCUT2D eigenvalue weighted by atomic mass is 16.6. The van der Waals surface area contributed by atoms with E-state index in [1.807, 2.05) is 6.07 Å².